The Hall–Kier alpha value is -3.75. The van der Waals surface area contributed by atoms with Crippen LogP contribution >= 0.6 is 0 Å². The standard InChI is InChI=1S/C18H17N5O4/c1-3-26-17-5-4-12(8-20-17)13-9-19-10-14(22-13)18(24)23-21-11-16-15(25-2)6-7-27-16/h4-11H,3H2,1-2H3,(H,23,24)/b21-11+. The summed E-state index contributed by atoms with van der Waals surface area (Å²) >= 11 is 0. The Morgan fingerprint density at radius 2 is 2.19 bits per heavy atom. The van der Waals surface area contributed by atoms with Crippen LogP contribution in [0.5, 0.6) is 11.6 Å². The van der Waals surface area contributed by atoms with Gasteiger partial charge in [-0.3, -0.25) is 9.78 Å². The van der Waals surface area contributed by atoms with Crippen molar-refractivity contribution in [3.05, 3.63) is 54.5 Å². The molecule has 3 heterocycles. The molecule has 0 saturated heterocycles. The van der Waals surface area contributed by atoms with Gasteiger partial charge < -0.3 is 13.9 Å². The van der Waals surface area contributed by atoms with Gasteiger partial charge in [-0.05, 0) is 13.0 Å². The van der Waals surface area contributed by atoms with Crippen LogP contribution in [-0.4, -0.2) is 40.8 Å². The molecule has 0 atom stereocenters. The van der Waals surface area contributed by atoms with Gasteiger partial charge in [0.2, 0.25) is 5.88 Å². The van der Waals surface area contributed by atoms with Crippen LogP contribution in [-0.2, 0) is 0 Å². The van der Waals surface area contributed by atoms with Crippen LogP contribution in [0, 0.1) is 0 Å². The van der Waals surface area contributed by atoms with Gasteiger partial charge in [-0.25, -0.2) is 15.4 Å². The molecule has 0 radical (unpaired) electrons. The lowest BCUT2D eigenvalue weighted by atomic mass is 10.2. The third kappa shape index (κ3) is 4.46. The Kier molecular flexibility index (Phi) is 5.73. The van der Waals surface area contributed by atoms with Gasteiger partial charge >= 0.3 is 0 Å². The molecule has 0 spiro atoms. The zero-order valence-electron chi connectivity index (χ0n) is 14.7. The van der Waals surface area contributed by atoms with Crippen LogP contribution < -0.4 is 14.9 Å². The minimum Gasteiger partial charge on any atom is -0.493 e. The Balaban J connectivity index is 1.70. The van der Waals surface area contributed by atoms with E-state index in [1.54, 1.807) is 30.6 Å². The van der Waals surface area contributed by atoms with Gasteiger partial charge in [0, 0.05) is 23.9 Å². The number of nitrogens with one attached hydrogen (secondary N) is 1. The monoisotopic (exact) mass is 367 g/mol. The van der Waals surface area contributed by atoms with Crippen LogP contribution in [0.25, 0.3) is 11.3 Å². The molecule has 0 fully saturated rings. The summed E-state index contributed by atoms with van der Waals surface area (Å²) in [4.78, 5) is 24.7. The Morgan fingerprint density at radius 1 is 1.30 bits per heavy atom. The van der Waals surface area contributed by atoms with Gasteiger partial charge in [0.25, 0.3) is 5.91 Å². The zero-order valence-corrected chi connectivity index (χ0v) is 14.7. The summed E-state index contributed by atoms with van der Waals surface area (Å²) in [5.74, 6) is 0.909. The van der Waals surface area contributed by atoms with E-state index >= 15 is 0 Å². The minimum atomic E-state index is -0.509. The van der Waals surface area contributed by atoms with Crippen molar-refractivity contribution < 1.29 is 18.7 Å². The number of methoxy groups -OCH3 is 1. The Labute approximate surface area is 155 Å². The molecule has 0 aliphatic rings. The van der Waals surface area contributed by atoms with Gasteiger partial charge in [0.15, 0.2) is 11.5 Å². The highest BCUT2D eigenvalue weighted by Gasteiger charge is 2.10. The van der Waals surface area contributed by atoms with Crippen molar-refractivity contribution in [3.8, 4) is 22.9 Å². The van der Waals surface area contributed by atoms with Crippen LogP contribution in [0.2, 0.25) is 0 Å². The van der Waals surface area contributed by atoms with Gasteiger partial charge in [-0.1, -0.05) is 0 Å². The maximum absolute atomic E-state index is 12.2. The molecule has 3 aromatic rings. The number of aromatic nitrogens is 3. The second kappa shape index (κ2) is 8.56. The summed E-state index contributed by atoms with van der Waals surface area (Å²) in [5, 5.41) is 3.84. The topological polar surface area (TPSA) is 112 Å². The van der Waals surface area contributed by atoms with Crippen molar-refractivity contribution in [1.82, 2.24) is 20.4 Å². The average molecular weight is 367 g/mol. The van der Waals surface area contributed by atoms with Gasteiger partial charge in [-0.15, -0.1) is 0 Å². The number of hydrogen-bond acceptors (Lipinski definition) is 8. The first-order chi connectivity index (χ1) is 13.2. The SMILES string of the molecule is CCOc1ccc(-c2cncc(C(=O)N/N=C/c3occc3OC)n2)cn1. The smallest absolute Gasteiger partial charge is 0.291 e. The molecule has 27 heavy (non-hydrogen) atoms. The van der Waals surface area contributed by atoms with Crippen LogP contribution in [0.1, 0.15) is 23.2 Å². The van der Waals surface area contributed by atoms with Gasteiger partial charge in [0.1, 0.15) is 5.69 Å². The van der Waals surface area contributed by atoms with E-state index in [2.05, 4.69) is 25.5 Å². The lowest BCUT2D eigenvalue weighted by Gasteiger charge is -2.05. The molecule has 0 aliphatic carbocycles. The van der Waals surface area contributed by atoms with Crippen molar-refractivity contribution in [2.45, 2.75) is 6.92 Å². The molecule has 0 saturated carbocycles. The summed E-state index contributed by atoms with van der Waals surface area (Å²) in [6, 6.07) is 5.17. The molecule has 0 unspecified atom stereocenters. The van der Waals surface area contributed by atoms with Gasteiger partial charge in [-0.2, -0.15) is 5.10 Å². The van der Waals surface area contributed by atoms with E-state index in [1.165, 1.54) is 25.8 Å². The third-order valence-corrected chi connectivity index (χ3v) is 3.42. The number of ether oxygens (including phenoxy) is 2. The largest absolute Gasteiger partial charge is 0.493 e. The fourth-order valence-electron chi connectivity index (χ4n) is 2.16. The number of nitrogens with zero attached hydrogens (tertiary/aromatic N) is 4. The van der Waals surface area contributed by atoms with Crippen LogP contribution in [0.15, 0.2) is 52.6 Å². The predicted octanol–water partition coefficient (Wildman–Crippen LogP) is 2.30. The lowest BCUT2D eigenvalue weighted by molar-refractivity contribution is 0.0950. The maximum atomic E-state index is 12.2. The molecule has 3 rings (SSSR count). The molecule has 1 amide bonds. The molecule has 3 aromatic heterocycles. The lowest BCUT2D eigenvalue weighted by Crippen LogP contribution is -2.19. The quantitative estimate of drug-likeness (QED) is 0.504. The average Bonchev–Trinajstić information content (AvgIpc) is 3.16. The summed E-state index contributed by atoms with van der Waals surface area (Å²) in [7, 11) is 1.51. The molecule has 0 bridgehead atoms. The summed E-state index contributed by atoms with van der Waals surface area (Å²) < 4.78 is 15.6. The Bertz CT molecular complexity index is 937. The second-order valence-corrected chi connectivity index (χ2v) is 5.16. The minimum absolute atomic E-state index is 0.116. The normalized spacial score (nSPS) is 10.7. The highest BCUT2D eigenvalue weighted by Crippen LogP contribution is 2.18. The molecular formula is C18H17N5O4. The van der Waals surface area contributed by atoms with Gasteiger partial charge in [0.05, 0.1) is 44.3 Å². The first-order valence-electron chi connectivity index (χ1n) is 8.07. The molecule has 9 nitrogen and oxygen atoms in total. The van der Waals surface area contributed by atoms with E-state index in [1.807, 2.05) is 6.92 Å². The van der Waals surface area contributed by atoms with E-state index in [4.69, 9.17) is 13.9 Å². The summed E-state index contributed by atoms with van der Waals surface area (Å²) in [6.07, 6.45) is 7.30. The number of carbonyl (C=O) groups excluding carboxylic acids is 1. The number of amides is 1. The first-order valence-corrected chi connectivity index (χ1v) is 8.07. The fraction of sp³-hybridized carbons (Fsp3) is 0.167. The fourth-order valence-corrected chi connectivity index (χ4v) is 2.16. The van der Waals surface area contributed by atoms with Crippen LogP contribution in [0.3, 0.4) is 0 Å². The van der Waals surface area contributed by atoms with Crippen LogP contribution in [0.4, 0.5) is 0 Å². The summed E-state index contributed by atoms with van der Waals surface area (Å²) in [5.41, 5.74) is 3.71. The van der Waals surface area contributed by atoms with Crippen molar-refractivity contribution in [3.63, 3.8) is 0 Å². The molecular weight excluding hydrogens is 350 g/mol. The Morgan fingerprint density at radius 3 is 2.93 bits per heavy atom. The number of hydrogen-bond donors (Lipinski definition) is 1. The predicted molar refractivity (Wildman–Crippen MR) is 96.8 cm³/mol. The second-order valence-electron chi connectivity index (χ2n) is 5.16. The van der Waals surface area contributed by atoms with Crippen molar-refractivity contribution in [2.75, 3.05) is 13.7 Å². The van der Waals surface area contributed by atoms with E-state index in [-0.39, 0.29) is 5.69 Å². The highest BCUT2D eigenvalue weighted by atomic mass is 16.5. The molecule has 1 N–H and O–H groups in total. The van der Waals surface area contributed by atoms with Crippen molar-refractivity contribution >= 4 is 12.1 Å². The highest BCUT2D eigenvalue weighted by molar-refractivity contribution is 5.93. The number of furan rings is 1. The van der Waals surface area contributed by atoms with E-state index < -0.39 is 5.91 Å². The maximum Gasteiger partial charge on any atom is 0.291 e. The molecule has 0 aliphatic heterocycles. The van der Waals surface area contributed by atoms with Crippen molar-refractivity contribution in [1.29, 1.82) is 0 Å². The van der Waals surface area contributed by atoms with E-state index in [0.717, 1.165) is 0 Å². The van der Waals surface area contributed by atoms with E-state index in [0.29, 0.717) is 35.3 Å². The summed E-state index contributed by atoms with van der Waals surface area (Å²) in [6.45, 7) is 2.42. The van der Waals surface area contributed by atoms with E-state index in [9.17, 15) is 4.79 Å². The molecule has 9 heteroatoms. The number of carbonyl (C=O) groups is 1. The molecule has 138 valence electrons. The third-order valence-electron chi connectivity index (χ3n) is 3.42. The number of pyridine rings is 1. The molecule has 0 aromatic carbocycles. The first kappa shape index (κ1) is 18.1. The van der Waals surface area contributed by atoms with Crippen molar-refractivity contribution in [2.24, 2.45) is 5.10 Å². The number of hydrazone groups is 1. The zero-order chi connectivity index (χ0) is 19.1. The number of rotatable bonds is 7.